The summed E-state index contributed by atoms with van der Waals surface area (Å²) in [6.07, 6.45) is -0.159. The Morgan fingerprint density at radius 3 is 2.68 bits per heavy atom. The van der Waals surface area contributed by atoms with Crippen molar-refractivity contribution in [2.24, 2.45) is 0 Å². The number of anilines is 2. The summed E-state index contributed by atoms with van der Waals surface area (Å²) in [5.74, 6) is -0.150. The highest BCUT2D eigenvalue weighted by Crippen LogP contribution is 2.36. The predicted octanol–water partition coefficient (Wildman–Crippen LogP) is 4.57. The van der Waals surface area contributed by atoms with E-state index >= 15 is 0 Å². The third-order valence-corrected chi connectivity index (χ3v) is 8.59. The van der Waals surface area contributed by atoms with E-state index < -0.39 is 24.3 Å². The van der Waals surface area contributed by atoms with E-state index in [0.29, 0.717) is 22.7 Å². The number of benzene rings is 2. The molecule has 2 aliphatic rings. The first kappa shape index (κ1) is 29.4. The van der Waals surface area contributed by atoms with Crippen molar-refractivity contribution in [1.82, 2.24) is 9.27 Å². The molecule has 1 aromatic heterocycles. The monoisotopic (exact) mass is 618 g/mol. The molecule has 0 radical (unpaired) electrons. The van der Waals surface area contributed by atoms with E-state index in [2.05, 4.69) is 28.0 Å². The van der Waals surface area contributed by atoms with Crippen molar-refractivity contribution < 1.29 is 28.6 Å². The van der Waals surface area contributed by atoms with E-state index in [1.165, 1.54) is 33.4 Å². The molecule has 0 saturated carbocycles. The highest BCUT2D eigenvalue weighted by atomic mass is 35.5. The van der Waals surface area contributed by atoms with Crippen molar-refractivity contribution in [3.8, 4) is 0 Å². The third-order valence-electron chi connectivity index (χ3n) is 7.07. The number of carbonyl (C=O) groups excluding carboxylic acids is 3. The minimum absolute atomic E-state index is 0.0466. The Labute approximate surface area is 251 Å². The van der Waals surface area contributed by atoms with Gasteiger partial charge in [0, 0.05) is 43.1 Å². The van der Waals surface area contributed by atoms with E-state index in [0.717, 1.165) is 49.0 Å². The topological polar surface area (TPSA) is 102 Å². The van der Waals surface area contributed by atoms with E-state index in [1.54, 1.807) is 19.2 Å². The lowest BCUT2D eigenvalue weighted by Crippen LogP contribution is -2.47. The molecule has 2 aromatic carbocycles. The SMILES string of the molecule is CCOC(=O)C(OC(=O)OCSC)N1C(=O)Cc2cc(CCN3CCN(c4nsc5ccccc45)CC3)c(Cl)cc21. The zero-order valence-corrected chi connectivity index (χ0v) is 25.2. The zero-order chi connectivity index (χ0) is 28.9. The lowest BCUT2D eigenvalue weighted by molar-refractivity contribution is -0.155. The van der Waals surface area contributed by atoms with E-state index in [1.807, 2.05) is 12.1 Å². The summed E-state index contributed by atoms with van der Waals surface area (Å²) in [6, 6.07) is 11.9. The second-order valence-corrected chi connectivity index (χ2v) is 11.6. The van der Waals surface area contributed by atoms with Crippen molar-refractivity contribution >= 4 is 74.5 Å². The first-order valence-electron chi connectivity index (χ1n) is 13.3. The van der Waals surface area contributed by atoms with Crippen molar-refractivity contribution in [2.75, 3.05) is 61.3 Å². The average molecular weight is 619 g/mol. The van der Waals surface area contributed by atoms with Gasteiger partial charge < -0.3 is 19.1 Å². The highest BCUT2D eigenvalue weighted by Gasteiger charge is 2.41. The molecular formula is C28H31ClN4O6S2. The minimum Gasteiger partial charge on any atom is -0.462 e. The van der Waals surface area contributed by atoms with Crippen LogP contribution < -0.4 is 9.80 Å². The second kappa shape index (κ2) is 13.3. The summed E-state index contributed by atoms with van der Waals surface area (Å²) in [5, 5.41) is 1.68. The first-order valence-corrected chi connectivity index (χ1v) is 15.9. The summed E-state index contributed by atoms with van der Waals surface area (Å²) in [4.78, 5) is 43.8. The minimum atomic E-state index is -1.61. The zero-order valence-electron chi connectivity index (χ0n) is 22.8. The van der Waals surface area contributed by atoms with Crippen LogP contribution in [0.3, 0.4) is 0 Å². The molecule has 2 aliphatic heterocycles. The second-order valence-electron chi connectivity index (χ2n) is 9.62. The Kier molecular flexibility index (Phi) is 9.53. The highest BCUT2D eigenvalue weighted by molar-refractivity contribution is 7.98. The number of piperazine rings is 1. The number of ether oxygens (including phenoxy) is 3. The van der Waals surface area contributed by atoms with Gasteiger partial charge in [0.25, 0.3) is 6.23 Å². The van der Waals surface area contributed by atoms with Gasteiger partial charge in [0.2, 0.25) is 5.91 Å². The van der Waals surface area contributed by atoms with E-state index in [9.17, 15) is 14.4 Å². The maximum Gasteiger partial charge on any atom is 0.511 e. The van der Waals surface area contributed by atoms with Gasteiger partial charge in [0.1, 0.15) is 11.8 Å². The predicted molar refractivity (Wildman–Crippen MR) is 161 cm³/mol. The van der Waals surface area contributed by atoms with Gasteiger partial charge in [-0.1, -0.05) is 29.8 Å². The molecule has 1 atom stereocenters. The first-order chi connectivity index (χ1) is 19.9. The van der Waals surface area contributed by atoms with Crippen LogP contribution in [0.25, 0.3) is 10.1 Å². The summed E-state index contributed by atoms with van der Waals surface area (Å²) in [6.45, 7) is 6.11. The Balaban J connectivity index is 1.23. The molecule has 1 amide bonds. The molecule has 0 aliphatic carbocycles. The Morgan fingerprint density at radius 2 is 1.93 bits per heavy atom. The van der Waals surface area contributed by atoms with Gasteiger partial charge in [-0.25, -0.2) is 9.59 Å². The van der Waals surface area contributed by atoms with Gasteiger partial charge in [-0.2, -0.15) is 4.37 Å². The number of hydrogen-bond donors (Lipinski definition) is 0. The van der Waals surface area contributed by atoms with Crippen LogP contribution in [0.4, 0.5) is 16.3 Å². The molecule has 13 heteroatoms. The number of fused-ring (bicyclic) bond motifs is 2. The third kappa shape index (κ3) is 6.56. The normalized spacial score (nSPS) is 16.1. The summed E-state index contributed by atoms with van der Waals surface area (Å²) >= 11 is 9.49. The van der Waals surface area contributed by atoms with E-state index in [4.69, 9.17) is 30.2 Å². The molecule has 1 saturated heterocycles. The maximum atomic E-state index is 13.0. The summed E-state index contributed by atoms with van der Waals surface area (Å²) < 4.78 is 21.1. The summed E-state index contributed by atoms with van der Waals surface area (Å²) in [7, 11) is 0. The quantitative estimate of drug-likeness (QED) is 0.237. The molecule has 1 unspecified atom stereocenters. The van der Waals surface area contributed by atoms with Crippen LogP contribution in [-0.4, -0.2) is 85.1 Å². The Morgan fingerprint density at radius 1 is 1.15 bits per heavy atom. The fraction of sp³-hybridized carbons (Fsp3) is 0.429. The van der Waals surface area contributed by atoms with Crippen molar-refractivity contribution in [1.29, 1.82) is 0 Å². The average Bonchev–Trinajstić information content (AvgIpc) is 3.54. The number of amides is 1. The number of nitrogens with zero attached hydrogens (tertiary/aromatic N) is 4. The van der Waals surface area contributed by atoms with Gasteiger partial charge in [-0.15, -0.1) is 11.8 Å². The lowest BCUT2D eigenvalue weighted by Gasteiger charge is -2.35. The Bertz CT molecular complexity index is 1430. The lowest BCUT2D eigenvalue weighted by atomic mass is 10.1. The maximum absolute atomic E-state index is 13.0. The molecule has 1 fully saturated rings. The number of hydrogen-bond acceptors (Lipinski definition) is 11. The van der Waals surface area contributed by atoms with E-state index in [-0.39, 0.29) is 19.0 Å². The number of halogens is 1. The standard InChI is InChI=1S/C28H31ClN4O6S2/c1-3-37-27(35)26(39-28(36)38-17-40-2)33-22-16-21(29)18(14-19(22)15-24(33)34)8-9-31-10-12-32(13-11-31)25-20-6-4-5-7-23(20)41-30-25/h4-7,14,16,26H,3,8-13,15,17H2,1-2H3. The van der Waals surface area contributed by atoms with Crippen LogP contribution in [0.2, 0.25) is 5.02 Å². The van der Waals surface area contributed by atoms with Gasteiger partial charge in [0.15, 0.2) is 0 Å². The van der Waals surface area contributed by atoms with Crippen LogP contribution in [0, 0.1) is 0 Å². The van der Waals surface area contributed by atoms with Crippen molar-refractivity contribution in [3.63, 3.8) is 0 Å². The Hall–Kier alpha value is -3.06. The molecular weight excluding hydrogens is 588 g/mol. The molecule has 0 spiro atoms. The van der Waals surface area contributed by atoms with Crippen LogP contribution >= 0.6 is 34.9 Å². The van der Waals surface area contributed by atoms with Gasteiger partial charge in [-0.05, 0) is 60.5 Å². The number of carbonyl (C=O) groups is 3. The van der Waals surface area contributed by atoms with Crippen LogP contribution in [0.15, 0.2) is 36.4 Å². The van der Waals surface area contributed by atoms with Crippen molar-refractivity contribution in [3.05, 3.63) is 52.5 Å². The van der Waals surface area contributed by atoms with Crippen LogP contribution in [0.1, 0.15) is 18.1 Å². The molecule has 3 aromatic rings. The van der Waals surface area contributed by atoms with Crippen LogP contribution in [-0.2, 0) is 36.6 Å². The van der Waals surface area contributed by atoms with Gasteiger partial charge in [0.05, 0.1) is 23.4 Å². The number of rotatable bonds is 10. The fourth-order valence-electron chi connectivity index (χ4n) is 5.07. The molecule has 10 nitrogen and oxygen atoms in total. The molecule has 3 heterocycles. The van der Waals surface area contributed by atoms with Gasteiger partial charge >= 0.3 is 12.1 Å². The van der Waals surface area contributed by atoms with Crippen LogP contribution in [0.5, 0.6) is 0 Å². The summed E-state index contributed by atoms with van der Waals surface area (Å²) in [5.41, 5.74) is 2.05. The molecule has 5 rings (SSSR count). The number of thioether (sulfide) groups is 1. The number of esters is 1. The largest absolute Gasteiger partial charge is 0.511 e. The number of aromatic nitrogens is 1. The molecule has 41 heavy (non-hydrogen) atoms. The molecule has 218 valence electrons. The van der Waals surface area contributed by atoms with Gasteiger partial charge in [-0.3, -0.25) is 14.6 Å². The van der Waals surface area contributed by atoms with Crippen molar-refractivity contribution in [2.45, 2.75) is 26.0 Å². The molecule has 0 bridgehead atoms. The molecule has 0 N–H and O–H groups in total. The fourth-order valence-corrected chi connectivity index (χ4v) is 6.33. The smallest absolute Gasteiger partial charge is 0.462 e.